The lowest BCUT2D eigenvalue weighted by atomic mass is 9.63. The second-order valence-electron chi connectivity index (χ2n) is 10.9. The van der Waals surface area contributed by atoms with Crippen molar-refractivity contribution in [1.82, 2.24) is 0 Å². The van der Waals surface area contributed by atoms with Crippen LogP contribution in [0.15, 0.2) is 0 Å². The van der Waals surface area contributed by atoms with E-state index in [4.69, 9.17) is 0 Å². The summed E-state index contributed by atoms with van der Waals surface area (Å²) in [4.78, 5) is 0. The Morgan fingerprint density at radius 2 is 1.44 bits per heavy atom. The lowest BCUT2D eigenvalue weighted by molar-refractivity contribution is 0.0859. The van der Waals surface area contributed by atoms with E-state index < -0.39 is 0 Å². The maximum atomic E-state index is 2.56. The first-order valence-corrected chi connectivity index (χ1v) is 11.5. The Bertz CT molecular complexity index is 377. The van der Waals surface area contributed by atoms with Crippen molar-refractivity contribution in [3.05, 3.63) is 0 Å². The highest BCUT2D eigenvalue weighted by molar-refractivity contribution is 5.14. The molecule has 1 rings (SSSR count). The Kier molecular flexibility index (Phi) is 8.10. The monoisotopic (exact) mass is 350 g/mol. The van der Waals surface area contributed by atoms with Gasteiger partial charge in [0.25, 0.3) is 0 Å². The molecule has 0 heterocycles. The van der Waals surface area contributed by atoms with Crippen LogP contribution < -0.4 is 0 Å². The molecule has 0 nitrogen and oxygen atoms in total. The van der Waals surface area contributed by atoms with Crippen LogP contribution in [0.25, 0.3) is 0 Å². The van der Waals surface area contributed by atoms with E-state index in [0.29, 0.717) is 16.2 Å². The van der Waals surface area contributed by atoms with Gasteiger partial charge in [-0.15, -0.1) is 0 Å². The molecule has 0 heteroatoms. The molecule has 0 amide bonds. The van der Waals surface area contributed by atoms with Crippen LogP contribution in [0.1, 0.15) is 121 Å². The van der Waals surface area contributed by atoms with Crippen LogP contribution in [0, 0.1) is 39.9 Å². The molecule has 1 fully saturated rings. The lowest BCUT2D eigenvalue weighted by Crippen LogP contribution is -2.32. The molecule has 1 aliphatic carbocycles. The number of hydrogen-bond donors (Lipinski definition) is 0. The Morgan fingerprint density at radius 3 is 1.84 bits per heavy atom. The molecule has 0 bridgehead atoms. The molecule has 0 N–H and O–H groups in total. The molecule has 0 aliphatic heterocycles. The zero-order valence-electron chi connectivity index (χ0n) is 19.5. The topological polar surface area (TPSA) is 0 Å². The van der Waals surface area contributed by atoms with E-state index in [2.05, 4.69) is 69.2 Å². The van der Waals surface area contributed by atoms with Crippen molar-refractivity contribution in [2.24, 2.45) is 39.9 Å². The van der Waals surface area contributed by atoms with E-state index in [1.165, 1.54) is 51.4 Å². The van der Waals surface area contributed by atoms with Crippen molar-refractivity contribution >= 4 is 0 Å². The Hall–Kier alpha value is 0. The fourth-order valence-corrected chi connectivity index (χ4v) is 6.31. The highest BCUT2D eigenvalue weighted by atomic mass is 14.7. The molecule has 4 atom stereocenters. The van der Waals surface area contributed by atoms with Gasteiger partial charge < -0.3 is 0 Å². The molecule has 4 unspecified atom stereocenters. The quantitative estimate of drug-likeness (QED) is 0.330. The van der Waals surface area contributed by atoms with Crippen LogP contribution in [0.3, 0.4) is 0 Å². The minimum absolute atomic E-state index is 0.524. The third-order valence-corrected chi connectivity index (χ3v) is 8.98. The summed E-state index contributed by atoms with van der Waals surface area (Å²) in [5.41, 5.74) is 1.61. The molecule has 25 heavy (non-hydrogen) atoms. The molecule has 0 saturated heterocycles. The molecular weight excluding hydrogens is 300 g/mol. The average molecular weight is 351 g/mol. The summed E-state index contributed by atoms with van der Waals surface area (Å²) in [5, 5.41) is 0. The van der Waals surface area contributed by atoms with Crippen molar-refractivity contribution in [1.29, 1.82) is 0 Å². The Balaban J connectivity index is 2.82. The van der Waals surface area contributed by atoms with E-state index in [0.717, 1.165) is 23.7 Å². The van der Waals surface area contributed by atoms with E-state index in [1.807, 2.05) is 0 Å². The summed E-state index contributed by atoms with van der Waals surface area (Å²) in [6, 6.07) is 0. The molecule has 0 aromatic heterocycles. The summed E-state index contributed by atoms with van der Waals surface area (Å²) in [5.74, 6) is 3.50. The zero-order valence-corrected chi connectivity index (χ0v) is 19.5. The van der Waals surface area contributed by atoms with Crippen LogP contribution in [-0.4, -0.2) is 0 Å². The second kappa shape index (κ2) is 8.79. The highest BCUT2D eigenvalue weighted by Gasteiger charge is 2.66. The van der Waals surface area contributed by atoms with Crippen molar-refractivity contribution in [2.75, 3.05) is 0 Å². The summed E-state index contributed by atoms with van der Waals surface area (Å²) in [6.07, 6.45) is 11.2. The van der Waals surface area contributed by atoms with E-state index in [1.54, 1.807) is 0 Å². The molecular formula is C25H50. The van der Waals surface area contributed by atoms with Crippen molar-refractivity contribution in [2.45, 2.75) is 121 Å². The van der Waals surface area contributed by atoms with Crippen LogP contribution >= 0.6 is 0 Å². The van der Waals surface area contributed by atoms with Crippen molar-refractivity contribution in [3.8, 4) is 0 Å². The average Bonchev–Trinajstić information content (AvgIpc) is 2.97. The summed E-state index contributed by atoms with van der Waals surface area (Å²) >= 11 is 0. The van der Waals surface area contributed by atoms with E-state index >= 15 is 0 Å². The van der Waals surface area contributed by atoms with Gasteiger partial charge >= 0.3 is 0 Å². The summed E-state index contributed by atoms with van der Waals surface area (Å²) < 4.78 is 0. The van der Waals surface area contributed by atoms with Gasteiger partial charge in [0.15, 0.2) is 0 Å². The van der Waals surface area contributed by atoms with Gasteiger partial charge in [-0.1, -0.05) is 108 Å². The largest absolute Gasteiger partial charge is 0.0654 e. The lowest BCUT2D eigenvalue weighted by Gasteiger charge is -2.42. The second-order valence-corrected chi connectivity index (χ2v) is 10.9. The number of hydrogen-bond acceptors (Lipinski definition) is 0. The first-order chi connectivity index (χ1) is 11.5. The normalized spacial score (nSPS) is 25.2. The number of rotatable bonds is 12. The van der Waals surface area contributed by atoms with Crippen LogP contribution in [0.4, 0.5) is 0 Å². The summed E-state index contributed by atoms with van der Waals surface area (Å²) in [6.45, 7) is 24.8. The van der Waals surface area contributed by atoms with Crippen LogP contribution in [-0.2, 0) is 0 Å². The molecule has 0 spiro atoms. The van der Waals surface area contributed by atoms with Gasteiger partial charge in [0.05, 0.1) is 0 Å². The van der Waals surface area contributed by atoms with Crippen LogP contribution in [0.5, 0.6) is 0 Å². The maximum Gasteiger partial charge on any atom is -0.0264 e. The highest BCUT2D eigenvalue weighted by Crippen LogP contribution is 2.72. The van der Waals surface area contributed by atoms with Gasteiger partial charge in [-0.3, -0.25) is 0 Å². The van der Waals surface area contributed by atoms with Gasteiger partial charge in [0, 0.05) is 0 Å². The first-order valence-electron chi connectivity index (χ1n) is 11.5. The third kappa shape index (κ3) is 4.84. The van der Waals surface area contributed by atoms with Gasteiger partial charge in [-0.2, -0.15) is 0 Å². The first kappa shape index (κ1) is 23.0. The van der Waals surface area contributed by atoms with Gasteiger partial charge in [-0.05, 0) is 52.8 Å². The van der Waals surface area contributed by atoms with E-state index in [9.17, 15) is 0 Å². The summed E-state index contributed by atoms with van der Waals surface area (Å²) in [7, 11) is 0. The third-order valence-electron chi connectivity index (χ3n) is 8.98. The van der Waals surface area contributed by atoms with Gasteiger partial charge in [-0.25, -0.2) is 0 Å². The van der Waals surface area contributed by atoms with Gasteiger partial charge in [0.1, 0.15) is 0 Å². The molecule has 0 aromatic carbocycles. The predicted octanol–water partition coefficient (Wildman–Crippen LogP) is 8.74. The SMILES string of the molecule is CCCCC(C)CCC(CC)(CC(C)C1C(C)(C)C1(C)C)C(C)CC. The smallest absolute Gasteiger partial charge is 0.0264 e. The molecule has 1 aliphatic rings. The Morgan fingerprint density at radius 1 is 0.880 bits per heavy atom. The van der Waals surface area contributed by atoms with Crippen molar-refractivity contribution < 1.29 is 0 Å². The zero-order chi connectivity index (χ0) is 19.5. The minimum Gasteiger partial charge on any atom is -0.0654 e. The maximum absolute atomic E-state index is 2.56. The van der Waals surface area contributed by atoms with Crippen molar-refractivity contribution in [3.63, 3.8) is 0 Å². The van der Waals surface area contributed by atoms with E-state index in [-0.39, 0.29) is 0 Å². The fraction of sp³-hybridized carbons (Fsp3) is 1.00. The standard InChI is InChI=1S/C25H50/c1-11-14-15-19(4)16-17-25(13-3,21(6)12-2)18-20(5)22-23(7,8)24(22,9)10/h19-22H,11-18H2,1-10H3. The number of unbranched alkanes of at least 4 members (excludes halogenated alkanes) is 1. The molecule has 150 valence electrons. The predicted molar refractivity (Wildman–Crippen MR) is 115 cm³/mol. The molecule has 1 saturated carbocycles. The minimum atomic E-state index is 0.524. The van der Waals surface area contributed by atoms with Crippen LogP contribution in [0.2, 0.25) is 0 Å². The fourth-order valence-electron chi connectivity index (χ4n) is 6.31. The van der Waals surface area contributed by atoms with Gasteiger partial charge in [0.2, 0.25) is 0 Å². The molecule has 0 aromatic rings. The molecule has 0 radical (unpaired) electrons. The Labute approximate surface area is 160 Å².